The van der Waals surface area contributed by atoms with Crippen molar-refractivity contribution in [3.63, 3.8) is 0 Å². The highest BCUT2D eigenvalue weighted by molar-refractivity contribution is 14.0. The van der Waals surface area contributed by atoms with Gasteiger partial charge in [-0.05, 0) is 38.0 Å². The molecule has 0 bridgehead atoms. The number of aliphatic imine (C=N–C) groups is 1. The molecule has 1 atom stereocenters. The predicted octanol–water partition coefficient (Wildman–Crippen LogP) is 3.44. The van der Waals surface area contributed by atoms with Crippen LogP contribution in [-0.4, -0.2) is 44.9 Å². The van der Waals surface area contributed by atoms with Gasteiger partial charge in [0.2, 0.25) is 0 Å². The maximum Gasteiger partial charge on any atom is 0.416 e. The lowest BCUT2D eigenvalue weighted by atomic mass is 10.2. The minimum absolute atomic E-state index is 0. The highest BCUT2D eigenvalue weighted by Crippen LogP contribution is 2.31. The predicted molar refractivity (Wildman–Crippen MR) is 105 cm³/mol. The molecule has 5 nitrogen and oxygen atoms in total. The van der Waals surface area contributed by atoms with Crippen molar-refractivity contribution in [2.24, 2.45) is 4.99 Å². The first-order valence-electron chi connectivity index (χ1n) is 8.43. The van der Waals surface area contributed by atoms with Gasteiger partial charge in [0.15, 0.2) is 5.96 Å². The first-order valence-corrected chi connectivity index (χ1v) is 8.43. The summed E-state index contributed by atoms with van der Waals surface area (Å²) in [5.41, 5.74) is -0.718. The van der Waals surface area contributed by atoms with Crippen LogP contribution in [0.3, 0.4) is 0 Å². The number of ether oxygens (including phenoxy) is 2. The standard InChI is InChI=1S/C17H24F3N3O2.HI/c1-2-21-16(23-12-15-7-4-9-24-15)22-8-10-25-14-6-3-5-13(11-14)17(18,19)20;/h3,5-6,11,15H,2,4,7-10,12H2,1H3,(H2,21,22,23);1H. The van der Waals surface area contributed by atoms with E-state index in [0.717, 1.165) is 31.6 Å². The van der Waals surface area contributed by atoms with Crippen molar-refractivity contribution >= 4 is 29.9 Å². The van der Waals surface area contributed by atoms with Gasteiger partial charge < -0.3 is 20.1 Å². The summed E-state index contributed by atoms with van der Waals surface area (Å²) in [5.74, 6) is 0.837. The second kappa shape index (κ2) is 11.5. The van der Waals surface area contributed by atoms with Crippen molar-refractivity contribution in [1.29, 1.82) is 0 Å². The summed E-state index contributed by atoms with van der Waals surface area (Å²) >= 11 is 0. The van der Waals surface area contributed by atoms with Crippen LogP contribution >= 0.6 is 24.0 Å². The molecule has 1 saturated heterocycles. The van der Waals surface area contributed by atoms with Gasteiger partial charge in [-0.15, -0.1) is 24.0 Å². The molecule has 1 aromatic carbocycles. The maximum atomic E-state index is 12.7. The van der Waals surface area contributed by atoms with Crippen LogP contribution in [0.4, 0.5) is 13.2 Å². The van der Waals surface area contributed by atoms with Crippen LogP contribution in [0.15, 0.2) is 29.3 Å². The lowest BCUT2D eigenvalue weighted by molar-refractivity contribution is -0.137. The molecule has 1 fully saturated rings. The summed E-state index contributed by atoms with van der Waals surface area (Å²) in [7, 11) is 0. The van der Waals surface area contributed by atoms with Crippen LogP contribution in [0.25, 0.3) is 0 Å². The van der Waals surface area contributed by atoms with Crippen LogP contribution in [-0.2, 0) is 10.9 Å². The van der Waals surface area contributed by atoms with Gasteiger partial charge in [0.1, 0.15) is 12.4 Å². The number of benzene rings is 1. The number of hydrogen-bond acceptors (Lipinski definition) is 3. The van der Waals surface area contributed by atoms with E-state index in [2.05, 4.69) is 15.6 Å². The zero-order valence-corrected chi connectivity index (χ0v) is 17.0. The number of rotatable bonds is 7. The summed E-state index contributed by atoms with van der Waals surface area (Å²) in [4.78, 5) is 4.45. The minimum atomic E-state index is -4.37. The summed E-state index contributed by atoms with van der Waals surface area (Å²) < 4.78 is 48.9. The van der Waals surface area contributed by atoms with E-state index in [0.29, 0.717) is 25.6 Å². The number of halogens is 4. The molecule has 1 unspecified atom stereocenters. The number of nitrogens with zero attached hydrogens (tertiary/aromatic N) is 1. The SMILES string of the molecule is CCNC(=NCC1CCCO1)NCCOc1cccc(C(F)(F)F)c1.I. The van der Waals surface area contributed by atoms with Gasteiger partial charge in [-0.25, -0.2) is 0 Å². The molecule has 0 spiro atoms. The molecule has 1 aliphatic rings. The average Bonchev–Trinajstić information content (AvgIpc) is 3.09. The van der Waals surface area contributed by atoms with Crippen molar-refractivity contribution in [3.8, 4) is 5.75 Å². The fraction of sp³-hybridized carbons (Fsp3) is 0.588. The average molecular weight is 487 g/mol. The van der Waals surface area contributed by atoms with E-state index >= 15 is 0 Å². The number of hydrogen-bond donors (Lipinski definition) is 2. The highest BCUT2D eigenvalue weighted by atomic mass is 127. The number of guanidine groups is 1. The van der Waals surface area contributed by atoms with Gasteiger partial charge in [0, 0.05) is 13.2 Å². The Bertz CT molecular complexity index is 564. The highest BCUT2D eigenvalue weighted by Gasteiger charge is 2.30. The van der Waals surface area contributed by atoms with E-state index in [-0.39, 0.29) is 42.4 Å². The molecule has 1 aromatic rings. The van der Waals surface area contributed by atoms with Crippen LogP contribution in [0.5, 0.6) is 5.75 Å². The Morgan fingerprint density at radius 2 is 2.15 bits per heavy atom. The van der Waals surface area contributed by atoms with E-state index in [1.54, 1.807) is 0 Å². The molecule has 1 heterocycles. The molecule has 2 N–H and O–H groups in total. The van der Waals surface area contributed by atoms with E-state index in [9.17, 15) is 13.2 Å². The van der Waals surface area contributed by atoms with E-state index in [4.69, 9.17) is 9.47 Å². The summed E-state index contributed by atoms with van der Waals surface area (Å²) in [6, 6.07) is 4.85. The van der Waals surface area contributed by atoms with Crippen molar-refractivity contribution in [2.45, 2.75) is 32.0 Å². The Morgan fingerprint density at radius 3 is 2.81 bits per heavy atom. The molecule has 0 radical (unpaired) electrons. The molecule has 148 valence electrons. The molecule has 26 heavy (non-hydrogen) atoms. The van der Waals surface area contributed by atoms with Crippen molar-refractivity contribution < 1.29 is 22.6 Å². The summed E-state index contributed by atoms with van der Waals surface area (Å²) in [6.07, 6.45) is -2.13. The van der Waals surface area contributed by atoms with Gasteiger partial charge in [0.25, 0.3) is 0 Å². The number of alkyl halides is 3. The van der Waals surface area contributed by atoms with E-state index in [1.807, 2.05) is 6.92 Å². The van der Waals surface area contributed by atoms with Crippen molar-refractivity contribution in [3.05, 3.63) is 29.8 Å². The minimum Gasteiger partial charge on any atom is -0.492 e. The van der Waals surface area contributed by atoms with Gasteiger partial charge in [0.05, 0.1) is 24.8 Å². The normalized spacial score (nSPS) is 17.5. The van der Waals surface area contributed by atoms with E-state index < -0.39 is 11.7 Å². The molecule has 1 aliphatic heterocycles. The molecular weight excluding hydrogens is 462 g/mol. The van der Waals surface area contributed by atoms with Crippen molar-refractivity contribution in [2.75, 3.05) is 32.8 Å². The van der Waals surface area contributed by atoms with Gasteiger partial charge >= 0.3 is 6.18 Å². The quantitative estimate of drug-likeness (QED) is 0.268. The third kappa shape index (κ3) is 7.98. The van der Waals surface area contributed by atoms with Crippen LogP contribution in [0, 0.1) is 0 Å². The van der Waals surface area contributed by atoms with Gasteiger partial charge in [-0.1, -0.05) is 6.07 Å². The smallest absolute Gasteiger partial charge is 0.416 e. The van der Waals surface area contributed by atoms with Crippen LogP contribution < -0.4 is 15.4 Å². The lowest BCUT2D eigenvalue weighted by Gasteiger charge is -2.14. The molecule has 0 saturated carbocycles. The third-order valence-corrected chi connectivity index (χ3v) is 3.65. The summed E-state index contributed by atoms with van der Waals surface area (Å²) in [6.45, 7) is 4.70. The largest absolute Gasteiger partial charge is 0.492 e. The fourth-order valence-corrected chi connectivity index (χ4v) is 2.42. The molecular formula is C17H25F3IN3O2. The number of nitrogens with one attached hydrogen (secondary N) is 2. The fourth-order valence-electron chi connectivity index (χ4n) is 2.42. The van der Waals surface area contributed by atoms with Crippen LogP contribution in [0.2, 0.25) is 0 Å². The Kier molecular flexibility index (Phi) is 10.1. The zero-order chi connectivity index (χ0) is 18.1. The summed E-state index contributed by atoms with van der Waals surface area (Å²) in [5, 5.41) is 6.21. The van der Waals surface area contributed by atoms with Gasteiger partial charge in [-0.3, -0.25) is 4.99 Å². The maximum absolute atomic E-state index is 12.7. The van der Waals surface area contributed by atoms with Crippen molar-refractivity contribution in [1.82, 2.24) is 10.6 Å². The van der Waals surface area contributed by atoms with Crippen LogP contribution in [0.1, 0.15) is 25.3 Å². The van der Waals surface area contributed by atoms with E-state index in [1.165, 1.54) is 12.1 Å². The second-order valence-corrected chi connectivity index (χ2v) is 5.66. The Hall–Kier alpha value is -1.23. The molecule has 0 amide bonds. The first kappa shape index (κ1) is 22.8. The third-order valence-electron chi connectivity index (χ3n) is 3.65. The first-order chi connectivity index (χ1) is 12.0. The Labute approximate surface area is 168 Å². The zero-order valence-electron chi connectivity index (χ0n) is 14.6. The topological polar surface area (TPSA) is 54.9 Å². The molecule has 9 heteroatoms. The molecule has 0 aromatic heterocycles. The van der Waals surface area contributed by atoms with Gasteiger partial charge in [-0.2, -0.15) is 13.2 Å². The molecule has 2 rings (SSSR count). The monoisotopic (exact) mass is 487 g/mol. The Balaban J connectivity index is 0.00000338. The Morgan fingerprint density at radius 1 is 1.35 bits per heavy atom. The second-order valence-electron chi connectivity index (χ2n) is 5.66. The molecule has 0 aliphatic carbocycles. The lowest BCUT2D eigenvalue weighted by Crippen LogP contribution is -2.39.